The fourth-order valence-electron chi connectivity index (χ4n) is 0.387. The van der Waals surface area contributed by atoms with Gasteiger partial charge in [0.25, 0.3) is 0 Å². The van der Waals surface area contributed by atoms with E-state index in [0.717, 1.165) is 0 Å². The van der Waals surface area contributed by atoms with Gasteiger partial charge in [-0.15, -0.1) is 0 Å². The second-order valence-corrected chi connectivity index (χ2v) is 2.82. The van der Waals surface area contributed by atoms with E-state index in [1.54, 1.807) is 21.1 Å². The van der Waals surface area contributed by atoms with E-state index in [9.17, 15) is 9.90 Å². The first-order valence-electron chi connectivity index (χ1n) is 2.42. The fourth-order valence-corrected chi connectivity index (χ4v) is 0.387. The molecular formula is C5H19NO6. The van der Waals surface area contributed by atoms with Gasteiger partial charge in [-0.3, -0.25) is 0 Å². The van der Waals surface area contributed by atoms with Crippen molar-refractivity contribution in [2.45, 2.75) is 0 Å². The van der Waals surface area contributed by atoms with Gasteiger partial charge in [0.1, 0.15) is 6.54 Å². The number of carboxylic acid groups (broad SMARTS) is 1. The Morgan fingerprint density at radius 2 is 1.33 bits per heavy atom. The number of likely N-dealkylation sites (N-methyl/N-ethyl adjacent to an activating group) is 1. The van der Waals surface area contributed by atoms with Crippen molar-refractivity contribution in [1.29, 1.82) is 0 Å². The van der Waals surface area contributed by atoms with Gasteiger partial charge in [-0.2, -0.15) is 0 Å². The van der Waals surface area contributed by atoms with Crippen LogP contribution in [-0.2, 0) is 4.79 Å². The van der Waals surface area contributed by atoms with Crippen LogP contribution in [0, 0.1) is 0 Å². The Labute approximate surface area is 71.0 Å². The van der Waals surface area contributed by atoms with E-state index in [0.29, 0.717) is 4.48 Å². The summed E-state index contributed by atoms with van der Waals surface area (Å²) in [5.41, 5.74) is 0. The highest BCUT2D eigenvalue weighted by molar-refractivity contribution is 5.65. The Kier molecular flexibility index (Phi) is 25.9. The van der Waals surface area contributed by atoms with Crippen molar-refractivity contribution < 1.29 is 36.3 Å². The Balaban J connectivity index is -0.0000000408. The molecule has 0 rings (SSSR count). The average Bonchev–Trinajstić information content (AvgIpc) is 1.21. The smallest absolute Gasteiger partial charge is 0.118 e. The summed E-state index contributed by atoms with van der Waals surface area (Å²) < 4.78 is 0.419. The normalized spacial score (nSPS) is 7.58. The maximum atomic E-state index is 9.89. The van der Waals surface area contributed by atoms with Crippen LogP contribution in [0.25, 0.3) is 0 Å². The quantitative estimate of drug-likeness (QED) is 0.397. The Morgan fingerprint density at radius 3 is 1.33 bits per heavy atom. The van der Waals surface area contributed by atoms with Crippen molar-refractivity contribution in [1.82, 2.24) is 0 Å². The summed E-state index contributed by atoms with van der Waals surface area (Å²) in [5, 5.41) is 9.89. The summed E-state index contributed by atoms with van der Waals surface area (Å²) in [6, 6.07) is 0. The van der Waals surface area contributed by atoms with Gasteiger partial charge in [0.05, 0.1) is 27.1 Å². The largest absolute Gasteiger partial charge is 0.544 e. The summed E-state index contributed by atoms with van der Waals surface area (Å²) in [6.07, 6.45) is 0. The maximum Gasteiger partial charge on any atom is 0.118 e. The van der Waals surface area contributed by atoms with E-state index >= 15 is 0 Å². The third-order valence-corrected chi connectivity index (χ3v) is 0.603. The topological polar surface area (TPSA) is 166 Å². The van der Waals surface area contributed by atoms with Gasteiger partial charge in [-0.05, 0) is 0 Å². The molecule has 0 saturated carbocycles. The molecule has 7 nitrogen and oxygen atoms in total. The van der Waals surface area contributed by atoms with Crippen molar-refractivity contribution in [3.63, 3.8) is 0 Å². The molecule has 0 aromatic heterocycles. The lowest BCUT2D eigenvalue weighted by atomic mass is 10.5. The lowest BCUT2D eigenvalue weighted by Crippen LogP contribution is -2.45. The zero-order chi connectivity index (χ0) is 6.78. The lowest BCUT2D eigenvalue weighted by molar-refractivity contribution is -0.864. The molecule has 0 saturated heterocycles. The second kappa shape index (κ2) is 10.3. The number of hydrogen-bond acceptors (Lipinski definition) is 2. The van der Waals surface area contributed by atoms with Crippen molar-refractivity contribution in [3.05, 3.63) is 0 Å². The third kappa shape index (κ3) is 34.8. The Hall–Kier alpha value is -0.730. The Bertz CT molecular complexity index is 98.6. The standard InChI is InChI=1S/C5H11NO2.4H2O/c1-6(2,3)4-5(7)8;;;;/h4H2,1-3H3;4*1H2. The number of hydrogen-bond donors (Lipinski definition) is 0. The number of rotatable bonds is 2. The van der Waals surface area contributed by atoms with Gasteiger partial charge in [-0.25, -0.2) is 0 Å². The van der Waals surface area contributed by atoms with Crippen LogP contribution in [0.5, 0.6) is 0 Å². The van der Waals surface area contributed by atoms with E-state index in [4.69, 9.17) is 0 Å². The van der Waals surface area contributed by atoms with E-state index in [-0.39, 0.29) is 28.4 Å². The minimum Gasteiger partial charge on any atom is -0.544 e. The number of nitrogens with zero attached hydrogens (tertiary/aromatic N) is 1. The Morgan fingerprint density at radius 1 is 1.08 bits per heavy atom. The molecule has 0 amide bonds. The lowest BCUT2D eigenvalue weighted by Gasteiger charge is -2.23. The predicted octanol–water partition coefficient (Wildman–Crippen LogP) is -4.86. The molecule has 0 heterocycles. The van der Waals surface area contributed by atoms with Crippen molar-refractivity contribution in [2.24, 2.45) is 0 Å². The van der Waals surface area contributed by atoms with E-state index < -0.39 is 5.97 Å². The fraction of sp³-hybridized carbons (Fsp3) is 0.800. The van der Waals surface area contributed by atoms with Gasteiger partial charge >= 0.3 is 0 Å². The molecule has 0 fully saturated rings. The van der Waals surface area contributed by atoms with Crippen LogP contribution in [0.15, 0.2) is 0 Å². The van der Waals surface area contributed by atoms with Gasteiger partial charge in [0.2, 0.25) is 0 Å². The van der Waals surface area contributed by atoms with E-state index in [2.05, 4.69) is 0 Å². The highest BCUT2D eigenvalue weighted by Crippen LogP contribution is 1.84. The summed E-state index contributed by atoms with van der Waals surface area (Å²) in [7, 11) is 5.40. The molecule has 0 radical (unpaired) electrons. The van der Waals surface area contributed by atoms with Crippen LogP contribution in [-0.4, -0.2) is 60.0 Å². The van der Waals surface area contributed by atoms with Gasteiger partial charge in [0, 0.05) is 0 Å². The molecular weight excluding hydrogens is 170 g/mol. The van der Waals surface area contributed by atoms with Gasteiger partial charge in [0.15, 0.2) is 0 Å². The van der Waals surface area contributed by atoms with Gasteiger partial charge < -0.3 is 36.3 Å². The highest BCUT2D eigenvalue weighted by atomic mass is 16.4. The molecule has 0 atom stereocenters. The van der Waals surface area contributed by atoms with E-state index in [1.165, 1.54) is 0 Å². The molecule has 0 aliphatic rings. The van der Waals surface area contributed by atoms with Crippen LogP contribution in [0.2, 0.25) is 0 Å². The van der Waals surface area contributed by atoms with Crippen molar-refractivity contribution in [3.8, 4) is 0 Å². The number of carbonyl (C=O) groups is 1. The van der Waals surface area contributed by atoms with Crippen LogP contribution in [0.4, 0.5) is 0 Å². The van der Waals surface area contributed by atoms with Crippen molar-refractivity contribution in [2.75, 3.05) is 27.7 Å². The first kappa shape index (κ1) is 30.2. The van der Waals surface area contributed by atoms with Crippen molar-refractivity contribution >= 4 is 5.97 Å². The molecule has 0 spiro atoms. The number of carbonyl (C=O) groups excluding carboxylic acids is 1. The molecule has 0 aromatic rings. The van der Waals surface area contributed by atoms with Crippen LogP contribution >= 0.6 is 0 Å². The van der Waals surface area contributed by atoms with Gasteiger partial charge in [-0.1, -0.05) is 0 Å². The number of aliphatic carboxylic acids is 1. The number of quaternary nitrogens is 1. The molecule has 0 bridgehead atoms. The summed E-state index contributed by atoms with van der Waals surface area (Å²) in [5.74, 6) is -1.00. The minimum absolute atomic E-state index is 0. The van der Waals surface area contributed by atoms with Crippen LogP contribution in [0.1, 0.15) is 0 Å². The second-order valence-electron chi connectivity index (χ2n) is 2.82. The van der Waals surface area contributed by atoms with Crippen LogP contribution in [0.3, 0.4) is 0 Å². The monoisotopic (exact) mass is 189 g/mol. The maximum absolute atomic E-state index is 9.89. The first-order chi connectivity index (χ1) is 3.42. The zero-order valence-corrected chi connectivity index (χ0v) is 7.47. The average molecular weight is 189 g/mol. The third-order valence-electron chi connectivity index (χ3n) is 0.603. The molecule has 12 heavy (non-hydrogen) atoms. The molecule has 80 valence electrons. The molecule has 0 aliphatic carbocycles. The zero-order valence-electron chi connectivity index (χ0n) is 7.47. The molecule has 0 aliphatic heterocycles. The van der Waals surface area contributed by atoms with Crippen LogP contribution < -0.4 is 5.11 Å². The molecule has 0 unspecified atom stereocenters. The van der Waals surface area contributed by atoms with E-state index in [1.807, 2.05) is 0 Å². The molecule has 7 heteroatoms. The first-order valence-corrected chi connectivity index (χ1v) is 2.42. The SMILES string of the molecule is C[N+](C)(C)CC(=O)[O-].O.O.O.O. The summed E-state index contributed by atoms with van der Waals surface area (Å²) in [4.78, 5) is 9.89. The molecule has 0 aromatic carbocycles. The highest BCUT2D eigenvalue weighted by Gasteiger charge is 2.04. The minimum atomic E-state index is -1.00. The molecule has 8 N–H and O–H groups in total. The predicted molar refractivity (Wildman–Crippen MR) is 42.4 cm³/mol. The summed E-state index contributed by atoms with van der Waals surface area (Å²) >= 11 is 0. The number of carboxylic acids is 1. The summed E-state index contributed by atoms with van der Waals surface area (Å²) in [6.45, 7) is 0.0694.